The van der Waals surface area contributed by atoms with Crippen LogP contribution < -0.4 is 6.15 Å². The first-order chi connectivity index (χ1) is 5.24. The number of hydrogen-bond acceptors (Lipinski definition) is 8. The van der Waals surface area contributed by atoms with Gasteiger partial charge in [-0.3, -0.25) is 0 Å². The van der Waals surface area contributed by atoms with Crippen LogP contribution in [0.1, 0.15) is 0 Å². The molecule has 2 saturated heterocycles. The highest BCUT2D eigenvalue weighted by molar-refractivity contribution is 6.74. The smallest absolute Gasteiger partial charge is 0.412 e. The Kier molecular flexibility index (Phi) is 21.6. The van der Waals surface area contributed by atoms with Crippen LogP contribution in [0.2, 0.25) is 0 Å². The third-order valence-electron chi connectivity index (χ3n) is 1.13. The minimum Gasteiger partial charge on any atom is -0.412 e. The lowest BCUT2D eigenvalue weighted by Crippen LogP contribution is -2.59. The molecule has 0 unspecified atom stereocenters. The maximum Gasteiger partial charge on any atom is 0.612 e. The van der Waals surface area contributed by atoms with E-state index in [1.54, 1.807) is 0 Å². The summed E-state index contributed by atoms with van der Waals surface area (Å²) >= 11 is 0. The Morgan fingerprint density at radius 1 is 0.529 bits per heavy atom. The van der Waals surface area contributed by atoms with E-state index in [0.29, 0.717) is 0 Å². The largest absolute Gasteiger partial charge is 0.612 e. The van der Waals surface area contributed by atoms with E-state index in [9.17, 15) is 0 Å². The molecule has 0 aliphatic carbocycles. The van der Waals surface area contributed by atoms with Crippen molar-refractivity contribution in [2.45, 2.75) is 0 Å². The summed E-state index contributed by atoms with van der Waals surface area (Å²) in [5.74, 6) is 0. The normalized spacial score (nSPS) is 15.9. The first kappa shape index (κ1) is 30.1. The van der Waals surface area contributed by atoms with Gasteiger partial charge in [0.2, 0.25) is 0 Å². The maximum absolute atomic E-state index is 8.74. The van der Waals surface area contributed by atoms with Crippen molar-refractivity contribution in [1.82, 2.24) is 6.15 Å². The minimum absolute atomic E-state index is 0. The third-order valence-corrected chi connectivity index (χ3v) is 1.13. The molecule has 2 heterocycles. The summed E-state index contributed by atoms with van der Waals surface area (Å²) in [4.78, 5) is 0. The second kappa shape index (κ2) is 12.2. The van der Waals surface area contributed by atoms with Crippen LogP contribution in [0.3, 0.4) is 0 Å². The van der Waals surface area contributed by atoms with Gasteiger partial charge in [0.15, 0.2) is 0 Å². The van der Waals surface area contributed by atoms with Gasteiger partial charge in [-0.05, 0) is 0 Å². The highest BCUT2D eigenvalue weighted by Gasteiger charge is 2.52. The lowest BCUT2D eigenvalue weighted by molar-refractivity contribution is 0.0834. The molecule has 0 aromatic heterocycles. The summed E-state index contributed by atoms with van der Waals surface area (Å²) in [5.41, 5.74) is 0. The van der Waals surface area contributed by atoms with E-state index >= 15 is 0 Å². The highest BCUT2D eigenvalue weighted by atomic mass is 16.9. The fourth-order valence-electron chi connectivity index (χ4n) is 0.728. The average Bonchev–Trinajstić information content (AvgIpc) is 1.82. The van der Waals surface area contributed by atoms with Crippen molar-refractivity contribution in [3.63, 3.8) is 0 Å². The monoisotopic (exact) mass is 265 g/mol. The van der Waals surface area contributed by atoms with Gasteiger partial charge in [-0.15, -0.1) is 0 Å². The molecule has 104 valence electrons. The topological polar surface area (TPSA) is 279 Å². The molecule has 0 aromatic rings. The van der Waals surface area contributed by atoms with Crippen molar-refractivity contribution in [2.24, 2.45) is 0 Å². The Morgan fingerprint density at radius 3 is 1.00 bits per heavy atom. The first-order valence-corrected chi connectivity index (χ1v) is 2.87. The fourth-order valence-corrected chi connectivity index (χ4v) is 0.728. The van der Waals surface area contributed by atoms with Gasteiger partial charge in [-0.1, -0.05) is 0 Å². The van der Waals surface area contributed by atoms with E-state index in [1.807, 2.05) is 0 Å². The van der Waals surface area contributed by atoms with Crippen LogP contribution >= 0.6 is 0 Å². The summed E-state index contributed by atoms with van der Waals surface area (Å²) in [6.45, 7) is 0. The van der Waals surface area contributed by atoms with Crippen LogP contribution in [0.25, 0.3) is 0 Å². The van der Waals surface area contributed by atoms with Crippen LogP contribution in [0.4, 0.5) is 0 Å². The van der Waals surface area contributed by atoms with E-state index in [2.05, 4.69) is 22.9 Å². The van der Waals surface area contributed by atoms with Gasteiger partial charge in [0.25, 0.3) is 0 Å². The molecule has 0 saturated carbocycles. The lowest BCUT2D eigenvalue weighted by Gasteiger charge is -2.31. The zero-order chi connectivity index (χ0) is 7.84. The van der Waals surface area contributed by atoms with E-state index in [1.165, 1.54) is 0 Å². The Hall–Kier alpha value is -0.260. The van der Waals surface area contributed by atoms with Gasteiger partial charge in [-0.2, -0.15) is 0 Å². The number of fused-ring (bicyclic) bond motifs is 2. The van der Waals surface area contributed by atoms with Gasteiger partial charge in [0, 0.05) is 0 Å². The minimum atomic E-state index is -1.45. The number of hydrogen-bond donors (Lipinski definition) is 3. The van der Waals surface area contributed by atoms with E-state index in [-0.39, 0.29) is 33.5 Å². The van der Waals surface area contributed by atoms with Crippen molar-refractivity contribution in [3.8, 4) is 0 Å². The molecule has 2 bridgehead atoms. The molecule has 2 aliphatic heterocycles. The molecule has 13 nitrogen and oxygen atoms in total. The highest BCUT2D eigenvalue weighted by Crippen LogP contribution is 2.14. The van der Waals surface area contributed by atoms with Gasteiger partial charge in [0.1, 0.15) is 0 Å². The zero-order valence-corrected chi connectivity index (χ0v) is 8.45. The Bertz CT molecular complexity index is 124. The maximum atomic E-state index is 8.74. The summed E-state index contributed by atoms with van der Waals surface area (Å²) in [6.07, 6.45) is 0. The van der Waals surface area contributed by atoms with E-state index < -0.39 is 29.3 Å². The Labute approximate surface area is 96.8 Å². The number of rotatable bonds is 0. The molecule has 0 atom stereocenters. The van der Waals surface area contributed by atoms with Crippen LogP contribution in [0.15, 0.2) is 0 Å². The van der Waals surface area contributed by atoms with Crippen molar-refractivity contribution >= 4 is 29.3 Å². The third kappa shape index (κ3) is 7.63. The van der Waals surface area contributed by atoms with Gasteiger partial charge in [0.05, 0.1) is 0 Å². The summed E-state index contributed by atoms with van der Waals surface area (Å²) in [7, 11) is -5.20. The predicted molar refractivity (Wildman–Crippen MR) is 56.0 cm³/mol. The van der Waals surface area contributed by atoms with Crippen molar-refractivity contribution in [1.29, 1.82) is 0 Å². The van der Waals surface area contributed by atoms with E-state index in [4.69, 9.17) is 10.0 Å². The SMILES string of the molecule is N.O.O.O.O.O.OB1OB2OB(O)OB(O1)O2. The van der Waals surface area contributed by atoms with Crippen LogP contribution in [-0.2, 0) is 22.9 Å². The lowest BCUT2D eigenvalue weighted by atomic mass is 9.90. The van der Waals surface area contributed by atoms with Crippen LogP contribution in [0, 0.1) is 0 Å². The Balaban J connectivity index is -0.0000000800. The summed E-state index contributed by atoms with van der Waals surface area (Å²) < 4.78 is 22.6. The van der Waals surface area contributed by atoms with Gasteiger partial charge >= 0.3 is 29.3 Å². The second-order valence-electron chi connectivity index (χ2n) is 1.87. The van der Waals surface area contributed by atoms with Gasteiger partial charge in [-0.25, -0.2) is 0 Å². The molecule has 17 heteroatoms. The summed E-state index contributed by atoms with van der Waals surface area (Å²) in [5, 5.41) is 17.5. The molecule has 15 N–H and O–H groups in total. The molecule has 0 radical (unpaired) electrons. The van der Waals surface area contributed by atoms with Crippen LogP contribution in [-0.4, -0.2) is 66.7 Å². The predicted octanol–water partition coefficient (Wildman–Crippen LogP) is -6.94. The van der Waals surface area contributed by atoms with Crippen molar-refractivity contribution in [2.75, 3.05) is 0 Å². The molecule has 0 spiro atoms. The quantitative estimate of drug-likeness (QED) is 0.352. The van der Waals surface area contributed by atoms with Crippen LogP contribution in [0.5, 0.6) is 0 Å². The average molecular weight is 264 g/mol. The Morgan fingerprint density at radius 2 is 0.765 bits per heavy atom. The molecule has 2 fully saturated rings. The molecular formula is H15B4NO12. The molecule has 0 amide bonds. The fraction of sp³-hybridized carbons (Fsp3) is 0. The standard InChI is InChI=1S/B4H2O7.H3N.5H2O/c5-1-7-3-9-2(6)10-4(8-1)11-3;;;;;;/h5-6H;1H3;5*1H2. The molecule has 0 aromatic carbocycles. The second-order valence-corrected chi connectivity index (χ2v) is 1.87. The molecule has 2 rings (SSSR count). The van der Waals surface area contributed by atoms with Gasteiger partial charge < -0.3 is 66.4 Å². The molecule has 2 aliphatic rings. The molecule has 17 heavy (non-hydrogen) atoms. The zero-order valence-electron chi connectivity index (χ0n) is 8.45. The molecular weight excluding hydrogens is 249 g/mol. The van der Waals surface area contributed by atoms with Crippen molar-refractivity contribution < 1.29 is 60.3 Å². The van der Waals surface area contributed by atoms with Crippen molar-refractivity contribution in [3.05, 3.63) is 0 Å². The first-order valence-electron chi connectivity index (χ1n) is 2.87. The summed E-state index contributed by atoms with van der Waals surface area (Å²) in [6, 6.07) is 0. The van der Waals surface area contributed by atoms with E-state index in [0.717, 1.165) is 0 Å².